The van der Waals surface area contributed by atoms with Gasteiger partial charge in [0.2, 0.25) is 5.91 Å². The highest BCUT2D eigenvalue weighted by atomic mass is 35.5. The lowest BCUT2D eigenvalue weighted by Crippen LogP contribution is -2.39. The number of fused-ring (bicyclic) bond motifs is 1. The van der Waals surface area contributed by atoms with Gasteiger partial charge < -0.3 is 4.90 Å². The SMILES string of the molecule is C[C@@H]1C[C@@H]1C(=O)N1CCC(c2nc3cc(Cl)ccc3s2)CC1. The molecule has 3 nitrogen and oxygen atoms in total. The van der Waals surface area contributed by atoms with Crippen molar-refractivity contribution in [2.24, 2.45) is 11.8 Å². The van der Waals surface area contributed by atoms with Crippen molar-refractivity contribution in [2.45, 2.75) is 32.1 Å². The van der Waals surface area contributed by atoms with Crippen molar-refractivity contribution in [3.05, 3.63) is 28.2 Å². The maximum atomic E-state index is 12.3. The van der Waals surface area contributed by atoms with Crippen LogP contribution >= 0.6 is 22.9 Å². The van der Waals surface area contributed by atoms with Crippen molar-refractivity contribution >= 4 is 39.1 Å². The van der Waals surface area contributed by atoms with E-state index >= 15 is 0 Å². The van der Waals surface area contributed by atoms with E-state index in [0.29, 0.717) is 23.7 Å². The third-order valence-electron chi connectivity index (χ3n) is 4.95. The molecule has 2 heterocycles. The van der Waals surface area contributed by atoms with Gasteiger partial charge in [0, 0.05) is 29.9 Å². The lowest BCUT2D eigenvalue weighted by Gasteiger charge is -2.31. The van der Waals surface area contributed by atoms with E-state index in [2.05, 4.69) is 11.8 Å². The van der Waals surface area contributed by atoms with E-state index < -0.39 is 0 Å². The zero-order chi connectivity index (χ0) is 15.3. The topological polar surface area (TPSA) is 33.2 Å². The van der Waals surface area contributed by atoms with Crippen LogP contribution in [0.2, 0.25) is 5.02 Å². The number of benzene rings is 1. The zero-order valence-corrected chi connectivity index (χ0v) is 14.2. The van der Waals surface area contributed by atoms with Crippen LogP contribution in [0.4, 0.5) is 0 Å². The minimum atomic E-state index is 0.307. The number of amides is 1. The first-order valence-corrected chi connectivity index (χ1v) is 9.16. The van der Waals surface area contributed by atoms with Crippen molar-refractivity contribution in [3.8, 4) is 0 Å². The van der Waals surface area contributed by atoms with Crippen LogP contribution in [0.1, 0.15) is 37.1 Å². The minimum Gasteiger partial charge on any atom is -0.342 e. The number of piperidine rings is 1. The number of aromatic nitrogens is 1. The summed E-state index contributed by atoms with van der Waals surface area (Å²) in [7, 11) is 0. The number of likely N-dealkylation sites (tertiary alicyclic amines) is 1. The molecular weight excluding hydrogens is 316 g/mol. The molecule has 1 amide bonds. The van der Waals surface area contributed by atoms with Gasteiger partial charge in [-0.3, -0.25) is 4.79 Å². The summed E-state index contributed by atoms with van der Waals surface area (Å²) in [5.41, 5.74) is 0.998. The average Bonchev–Trinajstić information content (AvgIpc) is 3.10. The predicted molar refractivity (Wildman–Crippen MR) is 90.5 cm³/mol. The lowest BCUT2D eigenvalue weighted by atomic mass is 9.97. The monoisotopic (exact) mass is 334 g/mol. The molecule has 2 aliphatic rings. The molecular formula is C17H19ClN2OS. The molecule has 2 fully saturated rings. The molecule has 1 aromatic heterocycles. The molecule has 1 aliphatic carbocycles. The maximum Gasteiger partial charge on any atom is 0.225 e. The van der Waals surface area contributed by atoms with E-state index in [4.69, 9.17) is 16.6 Å². The second kappa shape index (κ2) is 5.50. The fraction of sp³-hybridized carbons (Fsp3) is 0.529. The van der Waals surface area contributed by atoms with Gasteiger partial charge in [-0.15, -0.1) is 11.3 Å². The summed E-state index contributed by atoms with van der Waals surface area (Å²) in [6.07, 6.45) is 3.14. The largest absolute Gasteiger partial charge is 0.342 e. The standard InChI is InChI=1S/C17H19ClN2OS/c1-10-8-13(10)17(21)20-6-4-11(5-7-20)16-19-14-9-12(18)2-3-15(14)22-16/h2-3,9-11,13H,4-8H2,1H3/t10-,13+/m1/s1. The Labute approximate surface area is 139 Å². The molecule has 1 saturated heterocycles. The highest BCUT2D eigenvalue weighted by Gasteiger charge is 2.42. The Morgan fingerprint density at radius 3 is 2.77 bits per heavy atom. The normalized spacial score (nSPS) is 25.6. The molecule has 5 heteroatoms. The molecule has 1 aromatic carbocycles. The maximum absolute atomic E-state index is 12.3. The van der Waals surface area contributed by atoms with Crippen molar-refractivity contribution in [1.29, 1.82) is 0 Å². The Morgan fingerprint density at radius 1 is 1.36 bits per heavy atom. The van der Waals surface area contributed by atoms with Gasteiger partial charge in [-0.25, -0.2) is 4.98 Å². The Bertz CT molecular complexity index is 721. The summed E-state index contributed by atoms with van der Waals surface area (Å²) >= 11 is 7.80. The number of hydrogen-bond acceptors (Lipinski definition) is 3. The molecule has 4 rings (SSSR count). The van der Waals surface area contributed by atoms with E-state index in [0.717, 1.165) is 42.9 Å². The van der Waals surface area contributed by atoms with Crippen molar-refractivity contribution < 1.29 is 4.79 Å². The van der Waals surface area contributed by atoms with E-state index in [9.17, 15) is 4.79 Å². The smallest absolute Gasteiger partial charge is 0.225 e. The molecule has 0 spiro atoms. The fourth-order valence-electron chi connectivity index (χ4n) is 3.34. The van der Waals surface area contributed by atoms with Crippen molar-refractivity contribution in [2.75, 3.05) is 13.1 Å². The van der Waals surface area contributed by atoms with E-state index in [1.807, 2.05) is 18.2 Å². The average molecular weight is 335 g/mol. The first kappa shape index (κ1) is 14.5. The molecule has 116 valence electrons. The van der Waals surface area contributed by atoms with Crippen molar-refractivity contribution in [1.82, 2.24) is 9.88 Å². The summed E-state index contributed by atoms with van der Waals surface area (Å²) in [5.74, 6) is 1.76. The van der Waals surface area contributed by atoms with E-state index in [1.165, 1.54) is 9.71 Å². The Balaban J connectivity index is 1.45. The van der Waals surface area contributed by atoms with Gasteiger partial charge in [-0.1, -0.05) is 18.5 Å². The van der Waals surface area contributed by atoms with Crippen LogP contribution in [0, 0.1) is 11.8 Å². The van der Waals surface area contributed by atoms with Gasteiger partial charge in [0.25, 0.3) is 0 Å². The fourth-order valence-corrected chi connectivity index (χ4v) is 4.62. The molecule has 1 aliphatic heterocycles. The summed E-state index contributed by atoms with van der Waals surface area (Å²) in [4.78, 5) is 19.1. The Kier molecular flexibility index (Phi) is 3.61. The molecule has 22 heavy (non-hydrogen) atoms. The molecule has 0 radical (unpaired) electrons. The van der Waals surface area contributed by atoms with Gasteiger partial charge in [0.1, 0.15) is 0 Å². The van der Waals surface area contributed by atoms with Gasteiger partial charge in [-0.2, -0.15) is 0 Å². The van der Waals surface area contributed by atoms with Crippen LogP contribution in [-0.2, 0) is 4.79 Å². The number of carbonyl (C=O) groups excluding carboxylic acids is 1. The number of nitrogens with zero attached hydrogens (tertiary/aromatic N) is 2. The molecule has 0 bridgehead atoms. The van der Waals surface area contributed by atoms with Crippen LogP contribution in [0.15, 0.2) is 18.2 Å². The number of rotatable bonds is 2. The van der Waals surface area contributed by atoms with Crippen molar-refractivity contribution in [3.63, 3.8) is 0 Å². The summed E-state index contributed by atoms with van der Waals surface area (Å²) < 4.78 is 1.20. The van der Waals surface area contributed by atoms with Crippen LogP contribution in [-0.4, -0.2) is 28.9 Å². The van der Waals surface area contributed by atoms with Crippen LogP contribution < -0.4 is 0 Å². The molecule has 1 saturated carbocycles. The Hall–Kier alpha value is -1.13. The van der Waals surface area contributed by atoms with Crippen LogP contribution in [0.5, 0.6) is 0 Å². The first-order chi connectivity index (χ1) is 10.6. The quantitative estimate of drug-likeness (QED) is 0.819. The first-order valence-electron chi connectivity index (χ1n) is 7.96. The molecule has 0 N–H and O–H groups in total. The van der Waals surface area contributed by atoms with E-state index in [1.54, 1.807) is 11.3 Å². The Morgan fingerprint density at radius 2 is 2.09 bits per heavy atom. The van der Waals surface area contributed by atoms with Gasteiger partial charge in [0.15, 0.2) is 0 Å². The number of carbonyl (C=O) groups is 1. The van der Waals surface area contributed by atoms with Gasteiger partial charge >= 0.3 is 0 Å². The number of halogens is 1. The van der Waals surface area contributed by atoms with Gasteiger partial charge in [0.05, 0.1) is 15.2 Å². The minimum absolute atomic E-state index is 0.307. The van der Waals surface area contributed by atoms with E-state index in [-0.39, 0.29) is 0 Å². The summed E-state index contributed by atoms with van der Waals surface area (Å²) in [6.45, 7) is 3.92. The second-order valence-electron chi connectivity index (χ2n) is 6.58. The van der Waals surface area contributed by atoms with Crippen LogP contribution in [0.3, 0.4) is 0 Å². The predicted octanol–water partition coefficient (Wildman–Crippen LogP) is 4.31. The summed E-state index contributed by atoms with van der Waals surface area (Å²) in [6, 6.07) is 5.90. The highest BCUT2D eigenvalue weighted by molar-refractivity contribution is 7.18. The molecule has 0 unspecified atom stereocenters. The molecule has 2 atom stereocenters. The lowest BCUT2D eigenvalue weighted by molar-refractivity contribution is -0.133. The summed E-state index contributed by atoms with van der Waals surface area (Å²) in [5, 5.41) is 1.94. The number of thiazole rings is 1. The third kappa shape index (κ3) is 2.63. The molecule has 2 aromatic rings. The van der Waals surface area contributed by atoms with Gasteiger partial charge in [-0.05, 0) is 43.4 Å². The zero-order valence-electron chi connectivity index (χ0n) is 12.6. The highest BCUT2D eigenvalue weighted by Crippen LogP contribution is 2.41. The van der Waals surface area contributed by atoms with Crippen LogP contribution in [0.25, 0.3) is 10.2 Å². The second-order valence-corrected chi connectivity index (χ2v) is 8.08. The number of hydrogen-bond donors (Lipinski definition) is 0. The third-order valence-corrected chi connectivity index (χ3v) is 6.38.